The van der Waals surface area contributed by atoms with E-state index in [2.05, 4.69) is 26.0 Å². The fourth-order valence-electron chi connectivity index (χ4n) is 1.85. The van der Waals surface area contributed by atoms with E-state index in [1.165, 1.54) is 6.07 Å². The van der Waals surface area contributed by atoms with Crippen molar-refractivity contribution < 1.29 is 8.78 Å². The van der Waals surface area contributed by atoms with Gasteiger partial charge in [-0.05, 0) is 24.3 Å². The van der Waals surface area contributed by atoms with E-state index in [-0.39, 0.29) is 5.69 Å². The summed E-state index contributed by atoms with van der Waals surface area (Å²) >= 11 is 3.38. The van der Waals surface area contributed by atoms with Crippen molar-refractivity contribution in [2.24, 2.45) is 0 Å². The minimum Gasteiger partial charge on any atom is -0.228 e. The predicted molar refractivity (Wildman–Crippen MR) is 71.5 cm³/mol. The summed E-state index contributed by atoms with van der Waals surface area (Å²) < 4.78 is 27.8. The van der Waals surface area contributed by atoms with Crippen LogP contribution in [0.15, 0.2) is 47.1 Å². The Kier molecular flexibility index (Phi) is 3.02. The topological polar surface area (TPSA) is 30.7 Å². The van der Waals surface area contributed by atoms with E-state index in [9.17, 15) is 8.78 Å². The Labute approximate surface area is 116 Å². The maximum absolute atomic E-state index is 12.7. The Morgan fingerprint density at radius 1 is 1.16 bits per heavy atom. The molecule has 6 heteroatoms. The highest BCUT2D eigenvalue weighted by Gasteiger charge is 2.11. The fourth-order valence-corrected chi connectivity index (χ4v) is 2.20. The number of fused-ring (bicyclic) bond motifs is 1. The summed E-state index contributed by atoms with van der Waals surface area (Å²) in [6.07, 6.45) is -0.910. The number of nitrogens with zero attached hydrogens (tertiary/aromatic N) is 3. The van der Waals surface area contributed by atoms with Gasteiger partial charge in [-0.15, -0.1) is 0 Å². The molecule has 0 unspecified atom stereocenters. The lowest BCUT2D eigenvalue weighted by Crippen LogP contribution is -2.01. The highest BCUT2D eigenvalue weighted by molar-refractivity contribution is 9.10. The summed E-state index contributed by atoms with van der Waals surface area (Å²) in [6.45, 7) is 0. The number of hydrogen-bond acceptors (Lipinski definition) is 2. The van der Waals surface area contributed by atoms with Crippen LogP contribution in [0.2, 0.25) is 0 Å². The Hall–Kier alpha value is -1.82. The van der Waals surface area contributed by atoms with Gasteiger partial charge in [0, 0.05) is 9.86 Å². The molecule has 0 N–H and O–H groups in total. The average Bonchev–Trinajstić information content (AvgIpc) is 2.81. The van der Waals surface area contributed by atoms with Crippen molar-refractivity contribution in [3.63, 3.8) is 0 Å². The minimum atomic E-state index is -2.59. The second kappa shape index (κ2) is 4.70. The van der Waals surface area contributed by atoms with Gasteiger partial charge in [0.15, 0.2) is 5.82 Å². The Balaban J connectivity index is 2.18. The van der Waals surface area contributed by atoms with Crippen LogP contribution in [0.3, 0.4) is 0 Å². The van der Waals surface area contributed by atoms with Crippen molar-refractivity contribution in [1.29, 1.82) is 0 Å². The van der Waals surface area contributed by atoms with Crippen LogP contribution in [-0.4, -0.2) is 14.8 Å². The zero-order chi connectivity index (χ0) is 13.4. The molecule has 96 valence electrons. The Bertz CT molecular complexity index is 740. The van der Waals surface area contributed by atoms with Crippen LogP contribution >= 0.6 is 15.9 Å². The van der Waals surface area contributed by atoms with E-state index in [0.29, 0.717) is 5.82 Å². The highest BCUT2D eigenvalue weighted by Crippen LogP contribution is 2.23. The number of pyridine rings is 1. The van der Waals surface area contributed by atoms with Crippen molar-refractivity contribution in [3.8, 4) is 5.82 Å². The third-order valence-electron chi connectivity index (χ3n) is 2.73. The van der Waals surface area contributed by atoms with Crippen molar-refractivity contribution in [3.05, 3.63) is 52.8 Å². The van der Waals surface area contributed by atoms with E-state index in [1.807, 2.05) is 18.2 Å². The third-order valence-corrected chi connectivity index (χ3v) is 3.22. The zero-order valence-corrected chi connectivity index (χ0v) is 11.2. The molecule has 1 aromatic carbocycles. The van der Waals surface area contributed by atoms with Crippen molar-refractivity contribution in [2.75, 3.05) is 0 Å². The largest absolute Gasteiger partial charge is 0.280 e. The molecule has 2 heterocycles. The van der Waals surface area contributed by atoms with Gasteiger partial charge >= 0.3 is 0 Å². The molecule has 3 aromatic rings. The molecule has 0 amide bonds. The van der Waals surface area contributed by atoms with Crippen LogP contribution < -0.4 is 0 Å². The van der Waals surface area contributed by atoms with Crippen molar-refractivity contribution in [2.45, 2.75) is 6.43 Å². The average molecular weight is 324 g/mol. The number of rotatable bonds is 2. The van der Waals surface area contributed by atoms with Gasteiger partial charge in [-0.2, -0.15) is 5.10 Å². The third kappa shape index (κ3) is 2.23. The molecular weight excluding hydrogens is 316 g/mol. The quantitative estimate of drug-likeness (QED) is 0.710. The molecular formula is C13H8BrF2N3. The van der Waals surface area contributed by atoms with Gasteiger partial charge in [-0.1, -0.05) is 28.1 Å². The van der Waals surface area contributed by atoms with E-state index in [4.69, 9.17) is 0 Å². The van der Waals surface area contributed by atoms with Gasteiger partial charge in [-0.25, -0.2) is 18.4 Å². The first-order valence-electron chi connectivity index (χ1n) is 5.54. The molecule has 3 nitrogen and oxygen atoms in total. The van der Waals surface area contributed by atoms with Crippen LogP contribution in [0.25, 0.3) is 16.7 Å². The van der Waals surface area contributed by atoms with Crippen LogP contribution in [0.5, 0.6) is 0 Å². The fraction of sp³-hybridized carbons (Fsp3) is 0.0769. The number of aromatic nitrogens is 3. The lowest BCUT2D eigenvalue weighted by molar-refractivity contribution is 0.146. The van der Waals surface area contributed by atoms with E-state index in [0.717, 1.165) is 15.4 Å². The first kappa shape index (κ1) is 12.2. The standard InChI is InChI=1S/C13H8BrF2N3/c14-9-5-4-8-7-17-19(11(8)6-9)12-3-1-2-10(18-12)13(15)16/h1-7,13H. The van der Waals surface area contributed by atoms with E-state index in [1.54, 1.807) is 23.0 Å². The Morgan fingerprint density at radius 2 is 2.00 bits per heavy atom. The van der Waals surface area contributed by atoms with Gasteiger partial charge in [0.2, 0.25) is 0 Å². The van der Waals surface area contributed by atoms with Crippen LogP contribution in [0.4, 0.5) is 8.78 Å². The number of halogens is 3. The van der Waals surface area contributed by atoms with Crippen LogP contribution in [-0.2, 0) is 0 Å². The van der Waals surface area contributed by atoms with Gasteiger partial charge in [-0.3, -0.25) is 0 Å². The smallest absolute Gasteiger partial charge is 0.228 e. The molecule has 0 atom stereocenters. The highest BCUT2D eigenvalue weighted by atomic mass is 79.9. The van der Waals surface area contributed by atoms with E-state index >= 15 is 0 Å². The maximum Gasteiger partial charge on any atom is 0.280 e. The Morgan fingerprint density at radius 3 is 2.79 bits per heavy atom. The van der Waals surface area contributed by atoms with Crippen LogP contribution in [0.1, 0.15) is 12.1 Å². The summed E-state index contributed by atoms with van der Waals surface area (Å²) in [6, 6.07) is 10.2. The summed E-state index contributed by atoms with van der Waals surface area (Å²) in [7, 11) is 0. The normalized spacial score (nSPS) is 11.4. The number of hydrogen-bond donors (Lipinski definition) is 0. The molecule has 0 saturated carbocycles. The van der Waals surface area contributed by atoms with E-state index < -0.39 is 6.43 Å². The monoisotopic (exact) mass is 323 g/mol. The van der Waals surface area contributed by atoms with Gasteiger partial charge in [0.05, 0.1) is 11.7 Å². The molecule has 3 rings (SSSR count). The molecule has 0 aliphatic carbocycles. The molecule has 0 spiro atoms. The van der Waals surface area contributed by atoms with Crippen molar-refractivity contribution >= 4 is 26.8 Å². The van der Waals surface area contributed by atoms with Crippen molar-refractivity contribution in [1.82, 2.24) is 14.8 Å². The van der Waals surface area contributed by atoms with Gasteiger partial charge in [0.1, 0.15) is 5.69 Å². The summed E-state index contributed by atoms with van der Waals surface area (Å²) in [5.41, 5.74) is 0.560. The second-order valence-electron chi connectivity index (χ2n) is 3.98. The summed E-state index contributed by atoms with van der Waals surface area (Å²) in [5.74, 6) is 0.380. The second-order valence-corrected chi connectivity index (χ2v) is 4.90. The maximum atomic E-state index is 12.7. The number of benzene rings is 1. The predicted octanol–water partition coefficient (Wildman–Crippen LogP) is 4.12. The molecule has 0 aliphatic heterocycles. The van der Waals surface area contributed by atoms with Gasteiger partial charge in [0.25, 0.3) is 6.43 Å². The summed E-state index contributed by atoms with van der Waals surface area (Å²) in [5, 5.41) is 5.12. The molecule has 19 heavy (non-hydrogen) atoms. The molecule has 2 aromatic heterocycles. The first-order chi connectivity index (χ1) is 9.15. The zero-order valence-electron chi connectivity index (χ0n) is 9.59. The lowest BCUT2D eigenvalue weighted by Gasteiger charge is -2.05. The van der Waals surface area contributed by atoms with Gasteiger partial charge < -0.3 is 0 Å². The first-order valence-corrected chi connectivity index (χ1v) is 6.33. The van der Waals surface area contributed by atoms with Crippen LogP contribution in [0, 0.1) is 0 Å². The molecule has 0 radical (unpaired) electrons. The SMILES string of the molecule is FC(F)c1cccc(-n2ncc3ccc(Br)cc32)n1. The molecule has 0 fully saturated rings. The summed E-state index contributed by atoms with van der Waals surface area (Å²) in [4.78, 5) is 3.93. The minimum absolute atomic E-state index is 0.254. The molecule has 0 bridgehead atoms. The molecule has 0 aliphatic rings. The number of alkyl halides is 2. The molecule has 0 saturated heterocycles. The lowest BCUT2D eigenvalue weighted by atomic mass is 10.2.